The van der Waals surface area contributed by atoms with E-state index in [-0.39, 0.29) is 24.1 Å². The van der Waals surface area contributed by atoms with Gasteiger partial charge in [0, 0.05) is 6.42 Å². The van der Waals surface area contributed by atoms with E-state index in [1.165, 1.54) is 22.3 Å². The molecule has 0 fully saturated rings. The largest absolute Gasteiger partial charge is 0.470 e. The Morgan fingerprint density at radius 2 is 1.73 bits per heavy atom. The van der Waals surface area contributed by atoms with Crippen LogP contribution in [-0.4, -0.2) is 22.9 Å². The first-order chi connectivity index (χ1) is 14.8. The van der Waals surface area contributed by atoms with Crippen LogP contribution < -0.4 is 5.32 Å². The van der Waals surface area contributed by atoms with E-state index in [0.717, 1.165) is 19.3 Å². The molecule has 2 heterocycles. The van der Waals surface area contributed by atoms with Gasteiger partial charge in [0.25, 0.3) is 5.91 Å². The van der Waals surface area contributed by atoms with Crippen molar-refractivity contribution in [3.05, 3.63) is 100 Å². The van der Waals surface area contributed by atoms with Gasteiger partial charge >= 0.3 is 0 Å². The Morgan fingerprint density at radius 3 is 2.63 bits per heavy atom. The fraction of sp³-hybridized carbons (Fsp3) is 0.240. The predicted octanol–water partition coefficient (Wildman–Crippen LogP) is 3.94. The molecule has 0 bridgehead atoms. The number of ether oxygens (including phenoxy) is 1. The van der Waals surface area contributed by atoms with Gasteiger partial charge in [0.15, 0.2) is 0 Å². The smallest absolute Gasteiger partial charge is 0.270 e. The summed E-state index contributed by atoms with van der Waals surface area (Å²) in [5.74, 6) is 0.364. The fourth-order valence-electron chi connectivity index (χ4n) is 4.84. The molecule has 2 aliphatic carbocycles. The Bertz CT molecular complexity index is 1190. The minimum atomic E-state index is -0.164. The lowest BCUT2D eigenvalue weighted by Crippen LogP contribution is -2.28. The van der Waals surface area contributed by atoms with E-state index < -0.39 is 0 Å². The van der Waals surface area contributed by atoms with Crippen molar-refractivity contribution in [3.8, 4) is 0 Å². The lowest BCUT2D eigenvalue weighted by Gasteiger charge is -2.14. The number of carbonyl (C=O) groups excluding carboxylic acids is 1. The van der Waals surface area contributed by atoms with E-state index in [4.69, 9.17) is 9.73 Å². The van der Waals surface area contributed by atoms with E-state index in [0.29, 0.717) is 17.3 Å². The summed E-state index contributed by atoms with van der Waals surface area (Å²) in [4.78, 5) is 22.2. The van der Waals surface area contributed by atoms with Crippen LogP contribution in [0.4, 0.5) is 0 Å². The van der Waals surface area contributed by atoms with Crippen molar-refractivity contribution in [3.63, 3.8) is 0 Å². The standard InChI is InChI=1S/C25H21N3O2/c29-24(27-19-13-12-15-6-1-3-8-17(15)19)20-10-5-11-21(26-20)25-28-23-18-9-4-2-7-16(18)14-22(23)30-25/h1-11,19,22-23H,12-14H2,(H,27,29)/t19-,22-,23?/m1/s1. The van der Waals surface area contributed by atoms with Crippen LogP contribution in [0.15, 0.2) is 71.7 Å². The summed E-state index contributed by atoms with van der Waals surface area (Å²) in [6.45, 7) is 0. The molecule has 3 aromatic rings. The van der Waals surface area contributed by atoms with Crippen LogP contribution in [0.2, 0.25) is 0 Å². The summed E-state index contributed by atoms with van der Waals surface area (Å²) in [6, 6.07) is 22.1. The molecule has 30 heavy (non-hydrogen) atoms. The highest BCUT2D eigenvalue weighted by Gasteiger charge is 2.39. The number of aryl methyl sites for hydroxylation is 1. The third-order valence-electron chi connectivity index (χ3n) is 6.31. The maximum Gasteiger partial charge on any atom is 0.270 e. The van der Waals surface area contributed by atoms with Crippen molar-refractivity contribution in [2.75, 3.05) is 0 Å². The van der Waals surface area contributed by atoms with Gasteiger partial charge in [0.1, 0.15) is 23.5 Å². The van der Waals surface area contributed by atoms with Gasteiger partial charge in [-0.2, -0.15) is 0 Å². The highest BCUT2D eigenvalue weighted by molar-refractivity contribution is 5.97. The Morgan fingerprint density at radius 1 is 0.933 bits per heavy atom. The number of benzene rings is 2. The number of aliphatic imine (C=N–C) groups is 1. The van der Waals surface area contributed by atoms with Crippen LogP contribution in [0, 0.1) is 0 Å². The molecule has 1 aromatic heterocycles. The number of fused-ring (bicyclic) bond motifs is 4. The van der Waals surface area contributed by atoms with E-state index in [1.54, 1.807) is 6.07 Å². The van der Waals surface area contributed by atoms with Crippen molar-refractivity contribution in [2.24, 2.45) is 4.99 Å². The van der Waals surface area contributed by atoms with Crippen molar-refractivity contribution in [1.29, 1.82) is 0 Å². The lowest BCUT2D eigenvalue weighted by atomic mass is 10.1. The quantitative estimate of drug-likeness (QED) is 0.731. The molecule has 0 saturated heterocycles. The molecule has 1 amide bonds. The van der Waals surface area contributed by atoms with E-state index in [9.17, 15) is 4.79 Å². The SMILES string of the molecule is O=C(N[C@@H]1CCc2ccccc21)c1cccc(C2=NC3c4ccccc4C[C@H]3O2)n1. The van der Waals surface area contributed by atoms with Crippen LogP contribution in [-0.2, 0) is 17.6 Å². The molecule has 0 saturated carbocycles. The third kappa shape index (κ3) is 2.81. The molecular formula is C25H21N3O2. The summed E-state index contributed by atoms with van der Waals surface area (Å²) in [5, 5.41) is 3.14. The second-order valence-electron chi connectivity index (χ2n) is 8.11. The van der Waals surface area contributed by atoms with Crippen molar-refractivity contribution >= 4 is 11.8 Å². The monoisotopic (exact) mass is 395 g/mol. The molecule has 3 aliphatic rings. The van der Waals surface area contributed by atoms with Crippen molar-refractivity contribution < 1.29 is 9.53 Å². The number of hydrogen-bond donors (Lipinski definition) is 1. The highest BCUT2D eigenvalue weighted by atomic mass is 16.5. The molecule has 3 atom stereocenters. The first-order valence-electron chi connectivity index (χ1n) is 10.4. The van der Waals surface area contributed by atoms with Crippen LogP contribution in [0.1, 0.15) is 56.9 Å². The fourth-order valence-corrected chi connectivity index (χ4v) is 4.84. The number of hydrogen-bond acceptors (Lipinski definition) is 4. The van der Waals surface area contributed by atoms with Gasteiger partial charge in [-0.15, -0.1) is 0 Å². The lowest BCUT2D eigenvalue weighted by molar-refractivity contribution is 0.0931. The van der Waals surface area contributed by atoms with Gasteiger partial charge in [-0.05, 0) is 47.2 Å². The highest BCUT2D eigenvalue weighted by Crippen LogP contribution is 2.40. The Hall–Kier alpha value is -3.47. The zero-order valence-corrected chi connectivity index (χ0v) is 16.4. The molecule has 1 unspecified atom stereocenters. The maximum absolute atomic E-state index is 12.9. The van der Waals surface area contributed by atoms with Gasteiger partial charge in [0.05, 0.1) is 6.04 Å². The second kappa shape index (κ2) is 6.80. The molecule has 2 aromatic carbocycles. The van der Waals surface area contributed by atoms with Crippen LogP contribution >= 0.6 is 0 Å². The molecule has 0 spiro atoms. The van der Waals surface area contributed by atoms with Crippen LogP contribution in [0.3, 0.4) is 0 Å². The van der Waals surface area contributed by atoms with Gasteiger partial charge in [-0.1, -0.05) is 54.6 Å². The molecule has 6 rings (SSSR count). The van der Waals surface area contributed by atoms with E-state index in [1.807, 2.05) is 30.3 Å². The summed E-state index contributed by atoms with van der Waals surface area (Å²) in [7, 11) is 0. The number of pyridine rings is 1. The molecule has 5 nitrogen and oxygen atoms in total. The minimum absolute atomic E-state index is 0.0190. The Labute approximate surface area is 174 Å². The number of nitrogens with one attached hydrogen (secondary N) is 1. The Balaban J connectivity index is 1.23. The topological polar surface area (TPSA) is 63.6 Å². The van der Waals surface area contributed by atoms with Crippen LogP contribution in [0.5, 0.6) is 0 Å². The first kappa shape index (κ1) is 17.4. The Kier molecular flexibility index (Phi) is 3.94. The summed E-state index contributed by atoms with van der Waals surface area (Å²) < 4.78 is 6.12. The number of aromatic nitrogens is 1. The average Bonchev–Trinajstić information content (AvgIpc) is 3.47. The molecule has 0 radical (unpaired) electrons. The zero-order valence-electron chi connectivity index (χ0n) is 16.4. The van der Waals surface area contributed by atoms with Crippen LogP contribution in [0.25, 0.3) is 0 Å². The van der Waals surface area contributed by atoms with Gasteiger partial charge < -0.3 is 10.1 Å². The summed E-state index contributed by atoms with van der Waals surface area (Å²) in [6.07, 6.45) is 2.79. The molecule has 1 aliphatic heterocycles. The number of rotatable bonds is 3. The van der Waals surface area contributed by atoms with Crippen molar-refractivity contribution in [2.45, 2.75) is 37.5 Å². The number of nitrogens with zero attached hydrogens (tertiary/aromatic N) is 2. The first-order valence-corrected chi connectivity index (χ1v) is 10.4. The number of carbonyl (C=O) groups is 1. The molecule has 148 valence electrons. The number of amides is 1. The second-order valence-corrected chi connectivity index (χ2v) is 8.11. The van der Waals surface area contributed by atoms with Crippen molar-refractivity contribution in [1.82, 2.24) is 10.3 Å². The van der Waals surface area contributed by atoms with E-state index >= 15 is 0 Å². The van der Waals surface area contributed by atoms with Gasteiger partial charge in [-0.3, -0.25) is 4.79 Å². The molecule has 5 heteroatoms. The van der Waals surface area contributed by atoms with E-state index in [2.05, 4.69) is 40.6 Å². The minimum Gasteiger partial charge on any atom is -0.470 e. The summed E-state index contributed by atoms with van der Waals surface area (Å²) in [5.41, 5.74) is 6.04. The third-order valence-corrected chi connectivity index (χ3v) is 6.31. The average molecular weight is 395 g/mol. The van der Waals surface area contributed by atoms with Gasteiger partial charge in [-0.25, -0.2) is 9.98 Å². The zero-order chi connectivity index (χ0) is 20.1. The van der Waals surface area contributed by atoms with Gasteiger partial charge in [0.2, 0.25) is 5.90 Å². The predicted molar refractivity (Wildman–Crippen MR) is 114 cm³/mol. The summed E-state index contributed by atoms with van der Waals surface area (Å²) >= 11 is 0. The maximum atomic E-state index is 12.9. The normalized spacial score (nSPS) is 23.2. The molecule has 1 N–H and O–H groups in total. The molecular weight excluding hydrogens is 374 g/mol.